The molecular formula is C24H30ClFN8O3S. The molecule has 2 aromatic heterocycles. The average Bonchev–Trinajstić information content (AvgIpc) is 3.22. The predicted octanol–water partition coefficient (Wildman–Crippen LogP) is 3.41. The van der Waals surface area contributed by atoms with Crippen LogP contribution in [-0.2, 0) is 14.8 Å². The molecule has 2 fully saturated rings. The molecule has 11 nitrogen and oxygen atoms in total. The van der Waals surface area contributed by atoms with Gasteiger partial charge in [-0.2, -0.15) is 4.98 Å². The molecule has 1 saturated heterocycles. The first kappa shape index (κ1) is 26.6. The molecule has 5 rings (SSSR count). The van der Waals surface area contributed by atoms with E-state index in [4.69, 9.17) is 27.3 Å². The number of carbonyl (C=O) groups excluding carboxylic acids is 1. The summed E-state index contributed by atoms with van der Waals surface area (Å²) in [5.74, 6) is 0.0279. The molecule has 3 heterocycles. The third-order valence-electron chi connectivity index (χ3n) is 7.33. The lowest BCUT2D eigenvalue weighted by Crippen LogP contribution is -2.42. The largest absolute Gasteiger partial charge is 0.369 e. The third kappa shape index (κ3) is 5.69. The highest BCUT2D eigenvalue weighted by molar-refractivity contribution is 7.88. The van der Waals surface area contributed by atoms with Crippen molar-refractivity contribution in [1.29, 1.82) is 0 Å². The van der Waals surface area contributed by atoms with E-state index in [-0.39, 0.29) is 28.9 Å². The molecule has 0 atom stereocenters. The summed E-state index contributed by atoms with van der Waals surface area (Å²) in [6.45, 7) is 0.874. The quantitative estimate of drug-likeness (QED) is 0.395. The van der Waals surface area contributed by atoms with E-state index in [1.54, 1.807) is 12.3 Å². The van der Waals surface area contributed by atoms with Crippen LogP contribution in [0.2, 0.25) is 5.02 Å². The second kappa shape index (κ2) is 10.6. The molecule has 0 bridgehead atoms. The van der Waals surface area contributed by atoms with Crippen LogP contribution in [0.5, 0.6) is 0 Å². The Balaban J connectivity index is 1.44. The van der Waals surface area contributed by atoms with Gasteiger partial charge in [-0.15, -0.1) is 0 Å². The minimum Gasteiger partial charge on any atom is -0.369 e. The number of imidazole rings is 1. The zero-order chi connectivity index (χ0) is 27.0. The second-order valence-corrected chi connectivity index (χ2v) is 12.3. The molecule has 2 aliphatic rings. The van der Waals surface area contributed by atoms with Crippen LogP contribution < -0.4 is 16.4 Å². The van der Waals surface area contributed by atoms with Crippen LogP contribution in [0.1, 0.15) is 44.6 Å². The first-order valence-corrected chi connectivity index (χ1v) is 14.8. The number of primary amides is 1. The number of hydrogen-bond acceptors (Lipinski definition) is 8. The third-order valence-corrected chi connectivity index (χ3v) is 8.95. The number of nitrogens with zero attached hydrogens (tertiary/aromatic N) is 5. The van der Waals surface area contributed by atoms with Gasteiger partial charge in [-0.25, -0.2) is 27.1 Å². The van der Waals surface area contributed by atoms with Crippen molar-refractivity contribution in [3.63, 3.8) is 0 Å². The van der Waals surface area contributed by atoms with E-state index in [2.05, 4.69) is 15.6 Å². The van der Waals surface area contributed by atoms with Gasteiger partial charge in [0.15, 0.2) is 5.65 Å². The zero-order valence-electron chi connectivity index (χ0n) is 20.9. The van der Waals surface area contributed by atoms with E-state index in [1.165, 1.54) is 22.7 Å². The van der Waals surface area contributed by atoms with E-state index < -0.39 is 15.8 Å². The number of rotatable bonds is 7. The summed E-state index contributed by atoms with van der Waals surface area (Å²) >= 11 is 6.27. The second-order valence-electron chi connectivity index (χ2n) is 9.95. The van der Waals surface area contributed by atoms with Crippen molar-refractivity contribution in [2.75, 3.05) is 30.0 Å². The first-order valence-electron chi connectivity index (χ1n) is 12.6. The summed E-state index contributed by atoms with van der Waals surface area (Å²) in [6, 6.07) is 4.12. The number of aromatic nitrogens is 4. The van der Waals surface area contributed by atoms with Crippen LogP contribution in [-0.4, -0.2) is 63.5 Å². The Labute approximate surface area is 225 Å². The number of carbonyl (C=O) groups is 1. The van der Waals surface area contributed by atoms with Crippen molar-refractivity contribution >= 4 is 56.3 Å². The molecule has 1 aliphatic carbocycles. The van der Waals surface area contributed by atoms with Crippen molar-refractivity contribution in [3.8, 4) is 0 Å². The Hall–Kier alpha value is -3.03. The molecule has 0 spiro atoms. The Bertz CT molecular complexity index is 1450. The maximum atomic E-state index is 13.6. The molecule has 0 radical (unpaired) electrons. The van der Waals surface area contributed by atoms with Gasteiger partial charge >= 0.3 is 0 Å². The summed E-state index contributed by atoms with van der Waals surface area (Å²) in [6.07, 6.45) is 6.88. The summed E-state index contributed by atoms with van der Waals surface area (Å²) in [5.41, 5.74) is 7.22. The minimum absolute atomic E-state index is 0.00178. The number of anilines is 3. The maximum Gasteiger partial charge on any atom is 0.224 e. The minimum atomic E-state index is -3.21. The van der Waals surface area contributed by atoms with Gasteiger partial charge in [0.2, 0.25) is 27.8 Å². The van der Waals surface area contributed by atoms with Gasteiger partial charge in [-0.3, -0.25) is 9.36 Å². The number of sulfonamides is 1. The van der Waals surface area contributed by atoms with Crippen LogP contribution in [0.25, 0.3) is 11.2 Å². The summed E-state index contributed by atoms with van der Waals surface area (Å²) < 4.78 is 40.7. The number of fused-ring (bicyclic) bond motifs is 1. The van der Waals surface area contributed by atoms with Gasteiger partial charge in [0, 0.05) is 31.1 Å². The lowest BCUT2D eigenvalue weighted by molar-refractivity contribution is -0.122. The molecular weight excluding hydrogens is 535 g/mol. The highest BCUT2D eigenvalue weighted by Gasteiger charge is 2.30. The Morgan fingerprint density at radius 1 is 1.13 bits per heavy atom. The fourth-order valence-electron chi connectivity index (χ4n) is 5.24. The molecule has 14 heteroatoms. The number of halogens is 2. The van der Waals surface area contributed by atoms with E-state index in [0.717, 1.165) is 0 Å². The van der Waals surface area contributed by atoms with Crippen molar-refractivity contribution in [3.05, 3.63) is 35.2 Å². The van der Waals surface area contributed by atoms with Crippen LogP contribution in [0.15, 0.2) is 24.4 Å². The normalized spacial score (nSPS) is 21.4. The van der Waals surface area contributed by atoms with Gasteiger partial charge in [0.25, 0.3) is 0 Å². The number of amides is 1. The smallest absolute Gasteiger partial charge is 0.224 e. The van der Waals surface area contributed by atoms with E-state index in [0.29, 0.717) is 80.4 Å². The predicted molar refractivity (Wildman–Crippen MR) is 143 cm³/mol. The van der Waals surface area contributed by atoms with Crippen molar-refractivity contribution in [2.45, 2.75) is 50.6 Å². The Morgan fingerprint density at radius 3 is 2.47 bits per heavy atom. The summed E-state index contributed by atoms with van der Waals surface area (Å²) in [4.78, 5) is 25.7. The Morgan fingerprint density at radius 2 is 1.84 bits per heavy atom. The van der Waals surface area contributed by atoms with Gasteiger partial charge < -0.3 is 16.4 Å². The molecule has 1 saturated carbocycles. The van der Waals surface area contributed by atoms with Gasteiger partial charge in [-0.05, 0) is 56.7 Å². The van der Waals surface area contributed by atoms with E-state index in [1.807, 2.05) is 4.57 Å². The number of nitrogens with two attached hydrogens (primary N) is 1. The zero-order valence-corrected chi connectivity index (χ0v) is 22.5. The molecule has 204 valence electrons. The number of benzene rings is 1. The molecule has 1 amide bonds. The van der Waals surface area contributed by atoms with Crippen molar-refractivity contribution in [1.82, 2.24) is 23.8 Å². The fourth-order valence-corrected chi connectivity index (χ4v) is 6.33. The fraction of sp³-hybridized carbons (Fsp3) is 0.500. The molecule has 3 aromatic rings. The highest BCUT2D eigenvalue weighted by atomic mass is 35.5. The highest BCUT2D eigenvalue weighted by Crippen LogP contribution is 2.37. The van der Waals surface area contributed by atoms with Crippen LogP contribution >= 0.6 is 11.6 Å². The van der Waals surface area contributed by atoms with Gasteiger partial charge in [0.1, 0.15) is 11.3 Å². The number of hydrogen-bond donors (Lipinski definition) is 3. The number of nitrogens with one attached hydrogen (secondary N) is 2. The lowest BCUT2D eigenvalue weighted by atomic mass is 9.85. The first-order chi connectivity index (χ1) is 18.1. The van der Waals surface area contributed by atoms with Crippen LogP contribution in [0.3, 0.4) is 0 Å². The molecule has 0 unspecified atom stereocenters. The monoisotopic (exact) mass is 564 g/mol. The summed E-state index contributed by atoms with van der Waals surface area (Å²) in [5, 5.41) is 6.78. The molecule has 1 aromatic carbocycles. The van der Waals surface area contributed by atoms with E-state index in [9.17, 15) is 17.6 Å². The van der Waals surface area contributed by atoms with E-state index >= 15 is 0 Å². The van der Waals surface area contributed by atoms with Gasteiger partial charge in [0.05, 0.1) is 23.2 Å². The van der Waals surface area contributed by atoms with Crippen LogP contribution in [0, 0.1) is 11.7 Å². The average molecular weight is 565 g/mol. The Kier molecular flexibility index (Phi) is 7.43. The molecule has 38 heavy (non-hydrogen) atoms. The van der Waals surface area contributed by atoms with Crippen molar-refractivity contribution in [2.24, 2.45) is 11.7 Å². The maximum absolute atomic E-state index is 13.6. The SMILES string of the molecule is CS(=O)(=O)N1CCC(Nc2ncc3nc(Nc4ccc(F)cc4Cl)n(C4CCC(C(N)=O)CC4)c3n2)CC1. The topological polar surface area (TPSA) is 148 Å². The van der Waals surface area contributed by atoms with Crippen LogP contribution in [0.4, 0.5) is 22.0 Å². The number of piperidine rings is 1. The summed E-state index contributed by atoms with van der Waals surface area (Å²) in [7, 11) is -3.21. The van der Waals surface area contributed by atoms with Gasteiger partial charge in [-0.1, -0.05) is 11.6 Å². The van der Waals surface area contributed by atoms with Crippen molar-refractivity contribution < 1.29 is 17.6 Å². The standard InChI is InChI=1S/C24H30ClFN8O3S/c1-38(36,37)33-10-8-16(9-11-33)29-23-28-13-20-22(32-23)34(17-5-2-14(3-6-17)21(27)35)24(31-20)30-19-7-4-15(26)12-18(19)25/h4,7,12-14,16-17H,2-3,5-6,8-11H2,1H3,(H2,27,35)(H,30,31)(H,28,29,32). The lowest BCUT2D eigenvalue weighted by Gasteiger charge is -2.30. The molecule has 4 N–H and O–H groups in total. The molecule has 1 aliphatic heterocycles.